The average Bonchev–Trinajstić information content (AvgIpc) is 2.98. The molecule has 4 heterocycles. The first kappa shape index (κ1) is 16.2. The summed E-state index contributed by atoms with van der Waals surface area (Å²) in [6.45, 7) is 11.5. The Kier molecular flexibility index (Phi) is 4.70. The molecule has 0 aromatic carbocycles. The Hall–Kier alpha value is -1.24. The number of nitrogens with zero attached hydrogens (tertiary/aromatic N) is 4. The van der Waals surface area contributed by atoms with E-state index in [2.05, 4.69) is 33.6 Å². The molecule has 2 aromatic heterocycles. The standard InChI is InChI=1S/C18H26N4OS/c1-13(2)3-5-21-6-4-14-15(11-21)24-18-16(14)17(19-12-20-18)22-7-9-23-10-8-22/h12-13H,3-11H2,1-2H3. The lowest BCUT2D eigenvalue weighted by atomic mass is 10.0. The number of hydrogen-bond donors (Lipinski definition) is 0. The first-order valence-electron chi connectivity index (χ1n) is 9.02. The third-order valence-corrected chi connectivity index (χ3v) is 6.15. The van der Waals surface area contributed by atoms with Crippen molar-refractivity contribution in [2.24, 2.45) is 5.92 Å². The third-order valence-electron chi connectivity index (χ3n) is 5.03. The Bertz CT molecular complexity index is 708. The molecule has 0 N–H and O–H groups in total. The van der Waals surface area contributed by atoms with Crippen molar-refractivity contribution >= 4 is 27.4 Å². The molecule has 0 amide bonds. The molecule has 0 radical (unpaired) electrons. The molecule has 0 spiro atoms. The molecular formula is C18H26N4OS. The number of hydrogen-bond acceptors (Lipinski definition) is 6. The summed E-state index contributed by atoms with van der Waals surface area (Å²) < 4.78 is 5.50. The van der Waals surface area contributed by atoms with Crippen LogP contribution >= 0.6 is 11.3 Å². The summed E-state index contributed by atoms with van der Waals surface area (Å²) in [5.41, 5.74) is 1.50. The van der Waals surface area contributed by atoms with Crippen LogP contribution in [0.1, 0.15) is 30.7 Å². The second-order valence-electron chi connectivity index (χ2n) is 7.19. The zero-order valence-corrected chi connectivity index (χ0v) is 15.4. The Morgan fingerprint density at radius 3 is 2.83 bits per heavy atom. The molecule has 6 heteroatoms. The number of thiophene rings is 1. The minimum absolute atomic E-state index is 0.771. The molecule has 2 aliphatic rings. The fourth-order valence-electron chi connectivity index (χ4n) is 3.61. The highest BCUT2D eigenvalue weighted by Gasteiger charge is 2.25. The van der Waals surface area contributed by atoms with Gasteiger partial charge in [0.15, 0.2) is 0 Å². The predicted molar refractivity (Wildman–Crippen MR) is 98.9 cm³/mol. The van der Waals surface area contributed by atoms with Gasteiger partial charge in [0, 0.05) is 31.1 Å². The molecule has 5 nitrogen and oxygen atoms in total. The lowest BCUT2D eigenvalue weighted by molar-refractivity contribution is 0.122. The van der Waals surface area contributed by atoms with Gasteiger partial charge in [-0.15, -0.1) is 11.3 Å². The van der Waals surface area contributed by atoms with E-state index >= 15 is 0 Å². The van der Waals surface area contributed by atoms with Gasteiger partial charge in [0.05, 0.1) is 18.6 Å². The summed E-state index contributed by atoms with van der Waals surface area (Å²) in [4.78, 5) is 16.8. The van der Waals surface area contributed by atoms with E-state index in [4.69, 9.17) is 4.74 Å². The van der Waals surface area contributed by atoms with E-state index in [1.165, 1.54) is 28.8 Å². The van der Waals surface area contributed by atoms with Gasteiger partial charge in [0.25, 0.3) is 0 Å². The van der Waals surface area contributed by atoms with Crippen molar-refractivity contribution in [3.05, 3.63) is 16.8 Å². The lowest BCUT2D eigenvalue weighted by Crippen LogP contribution is -2.37. The Morgan fingerprint density at radius 2 is 2.04 bits per heavy atom. The van der Waals surface area contributed by atoms with Crippen molar-refractivity contribution in [3.63, 3.8) is 0 Å². The highest BCUT2D eigenvalue weighted by molar-refractivity contribution is 7.19. The smallest absolute Gasteiger partial charge is 0.141 e. The summed E-state index contributed by atoms with van der Waals surface area (Å²) >= 11 is 1.87. The normalized spacial score (nSPS) is 19.2. The molecule has 1 saturated heterocycles. The van der Waals surface area contributed by atoms with E-state index in [0.29, 0.717) is 0 Å². The van der Waals surface area contributed by atoms with Crippen LogP contribution in [0, 0.1) is 5.92 Å². The zero-order chi connectivity index (χ0) is 16.5. The van der Waals surface area contributed by atoms with Crippen LogP contribution in [-0.4, -0.2) is 54.3 Å². The van der Waals surface area contributed by atoms with E-state index in [0.717, 1.165) is 62.4 Å². The van der Waals surface area contributed by atoms with Crippen molar-refractivity contribution in [1.29, 1.82) is 0 Å². The predicted octanol–water partition coefficient (Wildman–Crippen LogP) is 2.93. The molecule has 2 aliphatic heterocycles. The van der Waals surface area contributed by atoms with Crippen LogP contribution in [0.4, 0.5) is 5.82 Å². The molecule has 0 unspecified atom stereocenters. The van der Waals surface area contributed by atoms with E-state index in [9.17, 15) is 0 Å². The molecule has 0 bridgehead atoms. The van der Waals surface area contributed by atoms with Gasteiger partial charge in [-0.05, 0) is 30.9 Å². The van der Waals surface area contributed by atoms with Crippen LogP contribution in [0.25, 0.3) is 10.2 Å². The molecule has 2 aromatic rings. The van der Waals surface area contributed by atoms with Gasteiger partial charge in [-0.3, -0.25) is 4.90 Å². The minimum atomic E-state index is 0.771. The van der Waals surface area contributed by atoms with E-state index in [1.54, 1.807) is 6.33 Å². The van der Waals surface area contributed by atoms with Gasteiger partial charge in [0.1, 0.15) is 17.0 Å². The second-order valence-corrected chi connectivity index (χ2v) is 8.27. The van der Waals surface area contributed by atoms with Crippen molar-refractivity contribution in [2.45, 2.75) is 33.2 Å². The first-order chi connectivity index (χ1) is 11.7. The summed E-state index contributed by atoms with van der Waals surface area (Å²) in [6, 6.07) is 0. The van der Waals surface area contributed by atoms with Gasteiger partial charge in [-0.2, -0.15) is 0 Å². The van der Waals surface area contributed by atoms with E-state index in [1.807, 2.05) is 11.3 Å². The molecular weight excluding hydrogens is 320 g/mol. The van der Waals surface area contributed by atoms with Gasteiger partial charge < -0.3 is 9.64 Å². The van der Waals surface area contributed by atoms with Gasteiger partial charge >= 0.3 is 0 Å². The van der Waals surface area contributed by atoms with Crippen molar-refractivity contribution in [2.75, 3.05) is 44.3 Å². The maximum atomic E-state index is 5.50. The topological polar surface area (TPSA) is 41.5 Å². The van der Waals surface area contributed by atoms with Crippen LogP contribution in [0.2, 0.25) is 0 Å². The summed E-state index contributed by atoms with van der Waals surface area (Å²) in [6.07, 6.45) is 4.13. The summed E-state index contributed by atoms with van der Waals surface area (Å²) in [5, 5.41) is 1.31. The first-order valence-corrected chi connectivity index (χ1v) is 9.84. The van der Waals surface area contributed by atoms with Crippen LogP contribution in [0.5, 0.6) is 0 Å². The highest BCUT2D eigenvalue weighted by Crippen LogP contribution is 2.38. The molecule has 4 rings (SSSR count). The summed E-state index contributed by atoms with van der Waals surface area (Å²) in [7, 11) is 0. The largest absolute Gasteiger partial charge is 0.378 e. The SMILES string of the molecule is CC(C)CCN1CCc2c(sc3ncnc(N4CCOCC4)c23)C1. The van der Waals surface area contributed by atoms with Crippen molar-refractivity contribution in [1.82, 2.24) is 14.9 Å². The molecule has 1 fully saturated rings. The number of rotatable bonds is 4. The third kappa shape index (κ3) is 3.15. The van der Waals surface area contributed by atoms with Crippen LogP contribution in [-0.2, 0) is 17.7 Å². The number of fused-ring (bicyclic) bond motifs is 3. The summed E-state index contributed by atoms with van der Waals surface area (Å²) in [5.74, 6) is 1.89. The van der Waals surface area contributed by atoms with Crippen LogP contribution in [0.15, 0.2) is 6.33 Å². The molecule has 0 atom stereocenters. The van der Waals surface area contributed by atoms with E-state index in [-0.39, 0.29) is 0 Å². The monoisotopic (exact) mass is 346 g/mol. The quantitative estimate of drug-likeness (QED) is 0.851. The fourth-order valence-corrected chi connectivity index (χ4v) is 4.83. The molecule has 24 heavy (non-hydrogen) atoms. The lowest BCUT2D eigenvalue weighted by Gasteiger charge is -2.30. The van der Waals surface area contributed by atoms with Crippen molar-refractivity contribution < 1.29 is 4.74 Å². The van der Waals surface area contributed by atoms with Crippen molar-refractivity contribution in [3.8, 4) is 0 Å². The Balaban J connectivity index is 1.63. The average molecular weight is 347 g/mol. The van der Waals surface area contributed by atoms with Gasteiger partial charge in [-0.25, -0.2) is 9.97 Å². The minimum Gasteiger partial charge on any atom is -0.378 e. The van der Waals surface area contributed by atoms with Gasteiger partial charge in [-0.1, -0.05) is 13.8 Å². The number of anilines is 1. The fraction of sp³-hybridized carbons (Fsp3) is 0.667. The number of aromatic nitrogens is 2. The van der Waals surface area contributed by atoms with Crippen LogP contribution < -0.4 is 4.90 Å². The maximum Gasteiger partial charge on any atom is 0.141 e. The maximum absolute atomic E-state index is 5.50. The molecule has 0 aliphatic carbocycles. The highest BCUT2D eigenvalue weighted by atomic mass is 32.1. The second kappa shape index (κ2) is 6.94. The van der Waals surface area contributed by atoms with E-state index < -0.39 is 0 Å². The number of morpholine rings is 1. The zero-order valence-electron chi connectivity index (χ0n) is 14.6. The van der Waals surface area contributed by atoms with Crippen LogP contribution in [0.3, 0.4) is 0 Å². The molecule has 130 valence electrons. The molecule has 0 saturated carbocycles. The van der Waals surface area contributed by atoms with Gasteiger partial charge in [0.2, 0.25) is 0 Å². The Labute approximate surface area is 147 Å². The number of ether oxygens (including phenoxy) is 1. The Morgan fingerprint density at radius 1 is 1.21 bits per heavy atom.